The molecule has 1 aromatic heterocycles. The lowest BCUT2D eigenvalue weighted by Gasteiger charge is -2.29. The van der Waals surface area contributed by atoms with E-state index in [9.17, 15) is 0 Å². The number of nitrogens with zero attached hydrogens (tertiary/aromatic N) is 2. The van der Waals surface area contributed by atoms with Crippen molar-refractivity contribution in [3.8, 4) is 0 Å². The molecule has 0 saturated carbocycles. The molecule has 2 aliphatic rings. The van der Waals surface area contributed by atoms with Gasteiger partial charge in [0, 0.05) is 29.4 Å². The van der Waals surface area contributed by atoms with E-state index in [0.717, 1.165) is 32.5 Å². The Hall–Kier alpha value is -0.450. The molecule has 4 heteroatoms. The minimum atomic E-state index is 0.300. The van der Waals surface area contributed by atoms with Crippen molar-refractivity contribution in [2.75, 3.05) is 13.1 Å². The summed E-state index contributed by atoms with van der Waals surface area (Å²) in [5.41, 5.74) is 7.62. The van der Waals surface area contributed by atoms with Gasteiger partial charge in [-0.3, -0.25) is 4.90 Å². The van der Waals surface area contributed by atoms with Gasteiger partial charge in [0.25, 0.3) is 0 Å². The Bertz CT molecular complexity index is 430. The molecule has 100 valence electrons. The molecule has 2 heterocycles. The van der Waals surface area contributed by atoms with Crippen molar-refractivity contribution in [2.45, 2.75) is 57.5 Å². The number of rotatable bonds is 2. The lowest BCUT2D eigenvalue weighted by molar-refractivity contribution is 0.205. The van der Waals surface area contributed by atoms with Crippen LogP contribution >= 0.6 is 11.3 Å². The van der Waals surface area contributed by atoms with Crippen molar-refractivity contribution in [1.29, 1.82) is 0 Å². The van der Waals surface area contributed by atoms with Crippen LogP contribution in [0, 0.1) is 0 Å². The Morgan fingerprint density at radius 2 is 2.11 bits per heavy atom. The third-order valence-corrected chi connectivity index (χ3v) is 5.45. The third kappa shape index (κ3) is 2.33. The van der Waals surface area contributed by atoms with Crippen LogP contribution in [0.2, 0.25) is 0 Å². The van der Waals surface area contributed by atoms with Crippen LogP contribution < -0.4 is 5.73 Å². The molecule has 0 unspecified atom stereocenters. The first-order valence-corrected chi connectivity index (χ1v) is 7.83. The molecule has 3 rings (SSSR count). The second kappa shape index (κ2) is 4.58. The summed E-state index contributed by atoms with van der Waals surface area (Å²) in [6.07, 6.45) is 4.76. The van der Waals surface area contributed by atoms with Crippen molar-refractivity contribution in [2.24, 2.45) is 5.73 Å². The molecule has 1 aromatic rings. The Kier molecular flexibility index (Phi) is 3.20. The topological polar surface area (TPSA) is 42.1 Å². The van der Waals surface area contributed by atoms with Gasteiger partial charge in [-0.2, -0.15) is 0 Å². The second-order valence-corrected chi connectivity index (χ2v) is 7.55. The van der Waals surface area contributed by atoms with Gasteiger partial charge in [-0.05, 0) is 25.7 Å². The highest BCUT2D eigenvalue weighted by Gasteiger charge is 2.33. The minimum Gasteiger partial charge on any atom is -0.328 e. The lowest BCUT2D eigenvalue weighted by atomic mass is 9.91. The molecule has 1 fully saturated rings. The van der Waals surface area contributed by atoms with Crippen molar-refractivity contribution >= 4 is 11.3 Å². The average Bonchev–Trinajstić information content (AvgIpc) is 2.84. The summed E-state index contributed by atoms with van der Waals surface area (Å²) in [6.45, 7) is 7.94. The number of fused-ring (bicyclic) bond motifs is 1. The van der Waals surface area contributed by atoms with Crippen LogP contribution in [0.5, 0.6) is 0 Å². The van der Waals surface area contributed by atoms with Gasteiger partial charge in [-0.25, -0.2) is 4.98 Å². The summed E-state index contributed by atoms with van der Waals surface area (Å²) < 4.78 is 0. The van der Waals surface area contributed by atoms with E-state index in [2.05, 4.69) is 18.7 Å². The summed E-state index contributed by atoms with van der Waals surface area (Å²) in [4.78, 5) is 8.94. The SMILES string of the molecule is CC1(C)CCc2sc(CN3CCC(N)CC3)nc21. The fourth-order valence-corrected chi connectivity index (χ4v) is 4.30. The zero-order chi connectivity index (χ0) is 12.8. The Balaban J connectivity index is 1.68. The number of hydrogen-bond acceptors (Lipinski definition) is 4. The van der Waals surface area contributed by atoms with Crippen LogP contribution in [0.15, 0.2) is 0 Å². The third-order valence-electron chi connectivity index (χ3n) is 4.35. The average molecular weight is 265 g/mol. The second-order valence-electron chi connectivity index (χ2n) is 6.38. The molecule has 3 nitrogen and oxygen atoms in total. The van der Waals surface area contributed by atoms with Gasteiger partial charge in [0.05, 0.1) is 12.2 Å². The van der Waals surface area contributed by atoms with E-state index in [0.29, 0.717) is 11.5 Å². The molecule has 0 atom stereocenters. The number of aromatic nitrogens is 1. The number of nitrogens with two attached hydrogens (primary N) is 1. The van der Waals surface area contributed by atoms with E-state index in [1.54, 1.807) is 0 Å². The number of likely N-dealkylation sites (tertiary alicyclic amines) is 1. The maximum atomic E-state index is 5.95. The normalized spacial score (nSPS) is 24.4. The van der Waals surface area contributed by atoms with E-state index in [4.69, 9.17) is 10.7 Å². The molecule has 0 radical (unpaired) electrons. The maximum absolute atomic E-state index is 5.95. The van der Waals surface area contributed by atoms with Crippen molar-refractivity contribution in [1.82, 2.24) is 9.88 Å². The largest absolute Gasteiger partial charge is 0.328 e. The van der Waals surface area contributed by atoms with E-state index in [1.165, 1.54) is 28.4 Å². The fraction of sp³-hybridized carbons (Fsp3) is 0.786. The highest BCUT2D eigenvalue weighted by molar-refractivity contribution is 7.11. The molecule has 1 saturated heterocycles. The van der Waals surface area contributed by atoms with Gasteiger partial charge >= 0.3 is 0 Å². The predicted octanol–water partition coefficient (Wildman–Crippen LogP) is 2.29. The van der Waals surface area contributed by atoms with Gasteiger partial charge < -0.3 is 5.73 Å². The minimum absolute atomic E-state index is 0.300. The predicted molar refractivity (Wildman–Crippen MR) is 75.9 cm³/mol. The Morgan fingerprint density at radius 1 is 1.39 bits per heavy atom. The van der Waals surface area contributed by atoms with Crippen LogP contribution in [-0.2, 0) is 18.4 Å². The Morgan fingerprint density at radius 3 is 2.78 bits per heavy atom. The zero-order valence-electron chi connectivity index (χ0n) is 11.4. The Labute approximate surface area is 113 Å². The molecular formula is C14H23N3S. The quantitative estimate of drug-likeness (QED) is 0.892. The fourth-order valence-electron chi connectivity index (χ4n) is 3.01. The molecule has 0 amide bonds. The van der Waals surface area contributed by atoms with Crippen LogP contribution in [0.4, 0.5) is 0 Å². The molecule has 1 aliphatic carbocycles. The summed E-state index contributed by atoms with van der Waals surface area (Å²) in [7, 11) is 0. The lowest BCUT2D eigenvalue weighted by Crippen LogP contribution is -2.39. The van der Waals surface area contributed by atoms with Crippen LogP contribution in [-0.4, -0.2) is 29.0 Å². The molecule has 0 bridgehead atoms. The summed E-state index contributed by atoms with van der Waals surface area (Å²) in [6, 6.07) is 0.418. The monoisotopic (exact) mass is 265 g/mol. The first-order chi connectivity index (χ1) is 8.54. The highest BCUT2D eigenvalue weighted by atomic mass is 32.1. The molecule has 2 N–H and O–H groups in total. The van der Waals surface area contributed by atoms with Gasteiger partial charge in [0.2, 0.25) is 0 Å². The van der Waals surface area contributed by atoms with Gasteiger partial charge in [-0.1, -0.05) is 13.8 Å². The number of piperidine rings is 1. The van der Waals surface area contributed by atoms with Gasteiger partial charge in [0.15, 0.2) is 0 Å². The van der Waals surface area contributed by atoms with E-state index in [1.807, 2.05) is 11.3 Å². The number of thiazole rings is 1. The summed E-state index contributed by atoms with van der Waals surface area (Å²) >= 11 is 1.93. The maximum Gasteiger partial charge on any atom is 0.107 e. The van der Waals surface area contributed by atoms with E-state index >= 15 is 0 Å². The van der Waals surface area contributed by atoms with Gasteiger partial charge in [0.1, 0.15) is 5.01 Å². The highest BCUT2D eigenvalue weighted by Crippen LogP contribution is 2.40. The smallest absolute Gasteiger partial charge is 0.107 e. The summed E-state index contributed by atoms with van der Waals surface area (Å²) in [5, 5.41) is 1.31. The van der Waals surface area contributed by atoms with Crippen LogP contribution in [0.3, 0.4) is 0 Å². The van der Waals surface area contributed by atoms with Crippen molar-refractivity contribution < 1.29 is 0 Å². The van der Waals surface area contributed by atoms with E-state index in [-0.39, 0.29) is 0 Å². The molecular weight excluding hydrogens is 242 g/mol. The zero-order valence-corrected chi connectivity index (χ0v) is 12.2. The standard InChI is InChI=1S/C14H23N3S/c1-14(2)6-3-11-13(14)16-12(18-11)9-17-7-4-10(15)5-8-17/h10H,3-9,15H2,1-2H3. The van der Waals surface area contributed by atoms with Crippen LogP contribution in [0.25, 0.3) is 0 Å². The molecule has 0 aromatic carbocycles. The summed E-state index contributed by atoms with van der Waals surface area (Å²) in [5.74, 6) is 0. The van der Waals surface area contributed by atoms with Crippen LogP contribution in [0.1, 0.15) is 48.7 Å². The molecule has 18 heavy (non-hydrogen) atoms. The number of aryl methyl sites for hydroxylation is 1. The first-order valence-electron chi connectivity index (χ1n) is 7.01. The van der Waals surface area contributed by atoms with E-state index < -0.39 is 0 Å². The molecule has 0 spiro atoms. The van der Waals surface area contributed by atoms with Crippen molar-refractivity contribution in [3.05, 3.63) is 15.6 Å². The number of hydrogen-bond donors (Lipinski definition) is 1. The van der Waals surface area contributed by atoms with Gasteiger partial charge in [-0.15, -0.1) is 11.3 Å². The molecule has 1 aliphatic heterocycles. The van der Waals surface area contributed by atoms with Crippen molar-refractivity contribution in [3.63, 3.8) is 0 Å². The first kappa shape index (κ1) is 12.6.